The molecule has 0 aliphatic rings. The fraction of sp³-hybridized carbons (Fsp3) is 0.533. The van der Waals surface area contributed by atoms with E-state index in [-0.39, 0.29) is 18.1 Å². The second-order valence-electron chi connectivity index (χ2n) is 5.24. The zero-order chi connectivity index (χ0) is 17.0. The first-order chi connectivity index (χ1) is 10.1. The van der Waals surface area contributed by atoms with Crippen LogP contribution in [0.25, 0.3) is 0 Å². The number of carbonyl (C=O) groups is 1. The summed E-state index contributed by atoms with van der Waals surface area (Å²) < 4.78 is 38.2. The highest BCUT2D eigenvalue weighted by Crippen LogP contribution is 2.32. The molecule has 0 aromatic heterocycles. The van der Waals surface area contributed by atoms with Crippen molar-refractivity contribution in [2.45, 2.75) is 39.4 Å². The number of aliphatic carboxylic acids is 1. The van der Waals surface area contributed by atoms with Gasteiger partial charge >= 0.3 is 12.1 Å². The fourth-order valence-electron chi connectivity index (χ4n) is 2.24. The smallest absolute Gasteiger partial charge is 0.416 e. The third kappa shape index (κ3) is 4.61. The van der Waals surface area contributed by atoms with Gasteiger partial charge in [0.2, 0.25) is 0 Å². The Hall–Kier alpha value is -1.27. The third-order valence-electron chi connectivity index (χ3n) is 3.88. The van der Waals surface area contributed by atoms with Crippen molar-refractivity contribution in [3.8, 4) is 0 Å². The van der Waals surface area contributed by atoms with E-state index in [0.29, 0.717) is 18.4 Å². The molecule has 1 aromatic rings. The second kappa shape index (κ2) is 7.33. The lowest BCUT2D eigenvalue weighted by Gasteiger charge is -2.27. The van der Waals surface area contributed by atoms with Gasteiger partial charge in [-0.1, -0.05) is 25.4 Å². The van der Waals surface area contributed by atoms with E-state index in [9.17, 15) is 23.1 Å². The number of alkyl halides is 3. The molecule has 22 heavy (non-hydrogen) atoms. The summed E-state index contributed by atoms with van der Waals surface area (Å²) in [6.45, 7) is 3.86. The number of nitrogens with one attached hydrogen (secondary N) is 1. The van der Waals surface area contributed by atoms with E-state index in [2.05, 4.69) is 5.32 Å². The SMILES string of the molecule is CCC(CC)(CNCc1cc(Cl)cc(C(F)(F)F)c1)C(=O)O. The molecule has 0 unspecified atom stereocenters. The molecule has 1 rings (SSSR count). The Bertz CT molecular complexity index is 528. The Morgan fingerprint density at radius 2 is 1.82 bits per heavy atom. The third-order valence-corrected chi connectivity index (χ3v) is 4.10. The predicted molar refractivity (Wildman–Crippen MR) is 78.8 cm³/mol. The van der Waals surface area contributed by atoms with Gasteiger partial charge in [0.05, 0.1) is 11.0 Å². The van der Waals surface area contributed by atoms with Crippen molar-refractivity contribution >= 4 is 17.6 Å². The normalized spacial score (nSPS) is 12.5. The molecule has 0 atom stereocenters. The van der Waals surface area contributed by atoms with Crippen LogP contribution in [0, 0.1) is 5.41 Å². The molecule has 0 saturated heterocycles. The average molecular weight is 338 g/mol. The van der Waals surface area contributed by atoms with E-state index in [0.717, 1.165) is 12.1 Å². The zero-order valence-electron chi connectivity index (χ0n) is 12.4. The van der Waals surface area contributed by atoms with Crippen LogP contribution in [0.3, 0.4) is 0 Å². The average Bonchev–Trinajstić information content (AvgIpc) is 2.42. The van der Waals surface area contributed by atoms with Crippen molar-refractivity contribution in [1.29, 1.82) is 0 Å². The topological polar surface area (TPSA) is 49.3 Å². The monoisotopic (exact) mass is 337 g/mol. The molecule has 0 heterocycles. The molecule has 3 nitrogen and oxygen atoms in total. The van der Waals surface area contributed by atoms with Gasteiger partial charge in [-0.25, -0.2) is 0 Å². The fourth-order valence-corrected chi connectivity index (χ4v) is 2.50. The van der Waals surface area contributed by atoms with E-state index in [4.69, 9.17) is 11.6 Å². The van der Waals surface area contributed by atoms with Crippen molar-refractivity contribution in [3.63, 3.8) is 0 Å². The summed E-state index contributed by atoms with van der Waals surface area (Å²) in [5, 5.41) is 12.2. The van der Waals surface area contributed by atoms with Gasteiger partial charge in [0.1, 0.15) is 0 Å². The standard InChI is InChI=1S/C15H19ClF3NO2/c1-3-14(4-2,13(21)22)9-20-8-10-5-11(15(17,18)19)7-12(16)6-10/h5-7,20H,3-4,8-9H2,1-2H3,(H,21,22). The molecule has 0 aliphatic heterocycles. The molecule has 0 bridgehead atoms. The minimum Gasteiger partial charge on any atom is -0.481 e. The van der Waals surface area contributed by atoms with E-state index in [1.165, 1.54) is 6.07 Å². The van der Waals surface area contributed by atoms with Crippen LogP contribution in [0.4, 0.5) is 13.2 Å². The molecule has 1 aromatic carbocycles. The van der Waals surface area contributed by atoms with E-state index >= 15 is 0 Å². The Labute approximate surface area is 132 Å². The van der Waals surface area contributed by atoms with Gasteiger partial charge in [-0.2, -0.15) is 13.2 Å². The summed E-state index contributed by atoms with van der Waals surface area (Å²) in [5.74, 6) is -0.910. The summed E-state index contributed by atoms with van der Waals surface area (Å²) in [7, 11) is 0. The van der Waals surface area contributed by atoms with Crippen LogP contribution in [0.2, 0.25) is 5.02 Å². The first-order valence-corrected chi connectivity index (χ1v) is 7.33. The summed E-state index contributed by atoms with van der Waals surface area (Å²) in [6, 6.07) is 3.31. The zero-order valence-corrected chi connectivity index (χ0v) is 13.2. The van der Waals surface area contributed by atoms with Gasteiger partial charge in [-0.05, 0) is 36.6 Å². The number of hydrogen-bond donors (Lipinski definition) is 2. The summed E-state index contributed by atoms with van der Waals surface area (Å²) >= 11 is 5.71. The Kier molecular flexibility index (Phi) is 6.26. The highest BCUT2D eigenvalue weighted by atomic mass is 35.5. The molecule has 0 fully saturated rings. The first-order valence-electron chi connectivity index (χ1n) is 6.95. The van der Waals surface area contributed by atoms with Gasteiger partial charge in [0, 0.05) is 18.1 Å². The molecule has 0 saturated carbocycles. The van der Waals surface area contributed by atoms with Crippen molar-refractivity contribution in [1.82, 2.24) is 5.32 Å². The molecule has 0 amide bonds. The minimum atomic E-state index is -4.46. The van der Waals surface area contributed by atoms with Crippen LogP contribution in [-0.2, 0) is 17.5 Å². The van der Waals surface area contributed by atoms with Crippen LogP contribution in [0.5, 0.6) is 0 Å². The van der Waals surface area contributed by atoms with Crippen molar-refractivity contribution < 1.29 is 23.1 Å². The van der Waals surface area contributed by atoms with Gasteiger partial charge < -0.3 is 10.4 Å². The molecular formula is C15H19ClF3NO2. The number of carboxylic acid groups (broad SMARTS) is 1. The van der Waals surface area contributed by atoms with Gasteiger partial charge in [0.15, 0.2) is 0 Å². The van der Waals surface area contributed by atoms with Crippen LogP contribution in [0.15, 0.2) is 18.2 Å². The number of halogens is 4. The maximum absolute atomic E-state index is 12.7. The lowest BCUT2D eigenvalue weighted by molar-refractivity contribution is -0.149. The van der Waals surface area contributed by atoms with Gasteiger partial charge in [-0.3, -0.25) is 4.79 Å². The largest absolute Gasteiger partial charge is 0.481 e. The summed E-state index contributed by atoms with van der Waals surface area (Å²) in [6.07, 6.45) is -3.58. The minimum absolute atomic E-state index is 0.00195. The highest BCUT2D eigenvalue weighted by molar-refractivity contribution is 6.30. The number of rotatable bonds is 7. The Balaban J connectivity index is 2.81. The lowest BCUT2D eigenvalue weighted by atomic mass is 9.82. The second-order valence-corrected chi connectivity index (χ2v) is 5.68. The predicted octanol–water partition coefficient (Wildman–Crippen LogP) is 4.34. The van der Waals surface area contributed by atoms with E-state index in [1.54, 1.807) is 13.8 Å². The molecule has 2 N–H and O–H groups in total. The molecule has 0 aliphatic carbocycles. The lowest BCUT2D eigenvalue weighted by Crippen LogP contribution is -2.40. The van der Waals surface area contributed by atoms with Crippen molar-refractivity contribution in [2.75, 3.05) is 6.54 Å². The number of benzene rings is 1. The highest BCUT2D eigenvalue weighted by Gasteiger charge is 2.34. The summed E-state index contributed by atoms with van der Waals surface area (Å²) in [5.41, 5.74) is -1.36. The number of carboxylic acids is 1. The molecule has 7 heteroatoms. The molecular weight excluding hydrogens is 319 g/mol. The molecule has 124 valence electrons. The van der Waals surface area contributed by atoms with Gasteiger partial charge in [-0.15, -0.1) is 0 Å². The molecule has 0 radical (unpaired) electrons. The van der Waals surface area contributed by atoms with Crippen LogP contribution in [0.1, 0.15) is 37.8 Å². The first kappa shape index (κ1) is 18.8. The van der Waals surface area contributed by atoms with E-state index in [1.807, 2.05) is 0 Å². The van der Waals surface area contributed by atoms with Gasteiger partial charge in [0.25, 0.3) is 0 Å². The summed E-state index contributed by atoms with van der Waals surface area (Å²) in [4.78, 5) is 11.4. The van der Waals surface area contributed by atoms with Crippen molar-refractivity contribution in [2.24, 2.45) is 5.41 Å². The quantitative estimate of drug-likeness (QED) is 0.778. The van der Waals surface area contributed by atoms with Crippen LogP contribution >= 0.6 is 11.6 Å². The molecule has 0 spiro atoms. The maximum Gasteiger partial charge on any atom is 0.416 e. The van der Waals surface area contributed by atoms with Crippen LogP contribution in [-0.4, -0.2) is 17.6 Å². The number of hydrogen-bond acceptors (Lipinski definition) is 2. The maximum atomic E-state index is 12.7. The Morgan fingerprint density at radius 1 is 1.23 bits per heavy atom. The van der Waals surface area contributed by atoms with Crippen molar-refractivity contribution in [3.05, 3.63) is 34.3 Å². The van der Waals surface area contributed by atoms with Crippen LogP contribution < -0.4 is 5.32 Å². The Morgan fingerprint density at radius 3 is 2.27 bits per heavy atom. The van der Waals surface area contributed by atoms with E-state index < -0.39 is 23.1 Å².